The first-order chi connectivity index (χ1) is 8.49. The summed E-state index contributed by atoms with van der Waals surface area (Å²) >= 11 is 0. The van der Waals surface area contributed by atoms with Crippen LogP contribution >= 0.6 is 0 Å². The molecule has 2 aromatic rings. The van der Waals surface area contributed by atoms with Gasteiger partial charge in [-0.25, -0.2) is 4.68 Å². The van der Waals surface area contributed by atoms with Crippen LogP contribution in [-0.2, 0) is 0 Å². The first kappa shape index (κ1) is 11.8. The maximum absolute atomic E-state index is 11.6. The van der Waals surface area contributed by atoms with E-state index in [9.17, 15) is 19.7 Å². The van der Waals surface area contributed by atoms with Crippen LogP contribution < -0.4 is 5.56 Å². The molecule has 0 bridgehead atoms. The summed E-state index contributed by atoms with van der Waals surface area (Å²) in [5.74, 6) is -0.344. The van der Waals surface area contributed by atoms with Gasteiger partial charge in [0.2, 0.25) is 5.91 Å². The highest BCUT2D eigenvalue weighted by Crippen LogP contribution is 2.20. The minimum atomic E-state index is -0.542. The maximum Gasteiger partial charge on any atom is 0.272 e. The summed E-state index contributed by atoms with van der Waals surface area (Å²) in [7, 11) is 0. The van der Waals surface area contributed by atoms with Gasteiger partial charge in [0.1, 0.15) is 0 Å². The highest BCUT2D eigenvalue weighted by molar-refractivity contribution is 5.77. The molecule has 0 radical (unpaired) electrons. The average Bonchev–Trinajstić information content (AvgIpc) is 2.72. The maximum atomic E-state index is 11.6. The van der Waals surface area contributed by atoms with Crippen molar-refractivity contribution in [3.63, 3.8) is 0 Å². The van der Waals surface area contributed by atoms with Crippen LogP contribution in [0.15, 0.2) is 35.3 Å². The number of aromatic amines is 1. The lowest BCUT2D eigenvalue weighted by atomic mass is 10.1. The number of H-pyrrole nitrogens is 1. The number of nitro groups is 1. The van der Waals surface area contributed by atoms with Gasteiger partial charge in [-0.2, -0.15) is 0 Å². The smallest absolute Gasteiger partial charge is 0.272 e. The van der Waals surface area contributed by atoms with Crippen LogP contribution in [0, 0.1) is 10.1 Å². The lowest BCUT2D eigenvalue weighted by Gasteiger charge is -1.96. The Morgan fingerprint density at radius 2 is 2.17 bits per heavy atom. The van der Waals surface area contributed by atoms with Gasteiger partial charge in [0.15, 0.2) is 0 Å². The Morgan fingerprint density at radius 3 is 2.72 bits per heavy atom. The van der Waals surface area contributed by atoms with Gasteiger partial charge in [0, 0.05) is 25.3 Å². The van der Waals surface area contributed by atoms with E-state index < -0.39 is 10.5 Å². The van der Waals surface area contributed by atoms with Crippen LogP contribution in [0.4, 0.5) is 5.69 Å². The molecule has 1 aromatic carbocycles. The number of hydrogen-bond acceptors (Lipinski definition) is 4. The fourth-order valence-corrected chi connectivity index (χ4v) is 1.55. The molecule has 92 valence electrons. The molecule has 0 saturated carbocycles. The van der Waals surface area contributed by atoms with Crippen molar-refractivity contribution in [1.82, 2.24) is 9.78 Å². The Morgan fingerprint density at radius 1 is 1.44 bits per heavy atom. The van der Waals surface area contributed by atoms with E-state index in [4.69, 9.17) is 0 Å². The molecule has 0 amide bonds. The molecule has 1 heterocycles. The molecule has 0 aliphatic carbocycles. The van der Waals surface area contributed by atoms with Crippen LogP contribution in [0.25, 0.3) is 11.1 Å². The second kappa shape index (κ2) is 4.28. The molecule has 0 fully saturated rings. The van der Waals surface area contributed by atoms with Crippen molar-refractivity contribution >= 4 is 11.6 Å². The van der Waals surface area contributed by atoms with Crippen LogP contribution in [-0.4, -0.2) is 20.6 Å². The standard InChI is InChI=1S/C11H9N3O4/c1-7(15)13-6-10(11(16)12-13)8-3-2-4-9(5-8)14(17)18/h2-6H,1H3,(H,12,16). The van der Waals surface area contributed by atoms with Crippen molar-refractivity contribution in [2.24, 2.45) is 0 Å². The van der Waals surface area contributed by atoms with E-state index in [1.54, 1.807) is 6.07 Å². The fraction of sp³-hybridized carbons (Fsp3) is 0.0909. The third-order valence-corrected chi connectivity index (χ3v) is 2.43. The Hall–Kier alpha value is -2.70. The highest BCUT2D eigenvalue weighted by atomic mass is 16.6. The molecule has 1 aromatic heterocycles. The van der Waals surface area contributed by atoms with E-state index in [1.807, 2.05) is 0 Å². The van der Waals surface area contributed by atoms with Gasteiger partial charge in [-0.15, -0.1) is 0 Å². The van der Waals surface area contributed by atoms with Crippen molar-refractivity contribution in [2.45, 2.75) is 6.92 Å². The summed E-state index contributed by atoms with van der Waals surface area (Å²) in [6.45, 7) is 1.30. The number of hydrogen-bond donors (Lipinski definition) is 1. The van der Waals surface area contributed by atoms with Crippen LogP contribution in [0.2, 0.25) is 0 Å². The van der Waals surface area contributed by atoms with Crippen molar-refractivity contribution in [3.8, 4) is 11.1 Å². The summed E-state index contributed by atoms with van der Waals surface area (Å²) < 4.78 is 1.04. The zero-order chi connectivity index (χ0) is 13.3. The molecule has 7 heteroatoms. The van der Waals surface area contributed by atoms with E-state index in [0.29, 0.717) is 5.56 Å². The number of non-ortho nitro benzene ring substituents is 1. The van der Waals surface area contributed by atoms with Crippen molar-refractivity contribution in [3.05, 3.63) is 50.9 Å². The number of benzene rings is 1. The first-order valence-corrected chi connectivity index (χ1v) is 5.06. The van der Waals surface area contributed by atoms with E-state index in [2.05, 4.69) is 5.10 Å². The molecule has 2 rings (SSSR count). The fourth-order valence-electron chi connectivity index (χ4n) is 1.55. The summed E-state index contributed by atoms with van der Waals surface area (Å²) in [6, 6.07) is 5.68. The predicted molar refractivity (Wildman–Crippen MR) is 63.4 cm³/mol. The van der Waals surface area contributed by atoms with Gasteiger partial charge in [-0.1, -0.05) is 12.1 Å². The van der Waals surface area contributed by atoms with Gasteiger partial charge in [0.25, 0.3) is 11.2 Å². The Bertz CT molecular complexity index is 684. The zero-order valence-electron chi connectivity index (χ0n) is 9.41. The third-order valence-electron chi connectivity index (χ3n) is 2.43. The molecule has 0 spiro atoms. The summed E-state index contributed by atoms with van der Waals surface area (Å²) in [6.07, 6.45) is 1.32. The predicted octanol–water partition coefficient (Wildman–Crippen LogP) is 1.41. The molecule has 18 heavy (non-hydrogen) atoms. The molecular weight excluding hydrogens is 238 g/mol. The molecular formula is C11H9N3O4. The number of carbonyl (C=O) groups excluding carboxylic acids is 1. The van der Waals surface area contributed by atoms with Gasteiger partial charge >= 0.3 is 0 Å². The van der Waals surface area contributed by atoms with Gasteiger partial charge in [-0.05, 0) is 5.56 Å². The molecule has 0 saturated heterocycles. The zero-order valence-corrected chi connectivity index (χ0v) is 9.41. The second-order valence-corrected chi connectivity index (χ2v) is 3.68. The first-order valence-electron chi connectivity index (χ1n) is 5.06. The van der Waals surface area contributed by atoms with E-state index >= 15 is 0 Å². The molecule has 7 nitrogen and oxygen atoms in total. The summed E-state index contributed by atoms with van der Waals surface area (Å²) in [5, 5.41) is 13.0. The molecule has 0 atom stereocenters. The number of nitrogens with zero attached hydrogens (tertiary/aromatic N) is 2. The molecule has 0 aliphatic rings. The number of rotatable bonds is 2. The average molecular weight is 247 g/mol. The Kier molecular flexibility index (Phi) is 2.80. The minimum absolute atomic E-state index is 0.109. The van der Waals surface area contributed by atoms with Gasteiger partial charge < -0.3 is 0 Å². The second-order valence-electron chi connectivity index (χ2n) is 3.68. The number of carbonyl (C=O) groups is 1. The number of nitrogens with one attached hydrogen (secondary N) is 1. The topological polar surface area (TPSA) is 98.0 Å². The van der Waals surface area contributed by atoms with E-state index in [0.717, 1.165) is 4.68 Å². The Labute approximate surface area is 101 Å². The third kappa shape index (κ3) is 2.05. The van der Waals surface area contributed by atoms with Crippen molar-refractivity contribution in [1.29, 1.82) is 0 Å². The quantitative estimate of drug-likeness (QED) is 0.640. The minimum Gasteiger partial charge on any atom is -0.273 e. The van der Waals surface area contributed by atoms with Crippen molar-refractivity contribution < 1.29 is 9.72 Å². The summed E-state index contributed by atoms with van der Waals surface area (Å²) in [4.78, 5) is 32.8. The van der Waals surface area contributed by atoms with E-state index in [-0.39, 0.29) is 17.2 Å². The number of aromatic nitrogens is 2. The van der Waals surface area contributed by atoms with E-state index in [1.165, 1.54) is 31.3 Å². The number of nitro benzene ring substituents is 1. The Balaban J connectivity index is 2.55. The van der Waals surface area contributed by atoms with Gasteiger partial charge in [-0.3, -0.25) is 24.8 Å². The SMILES string of the molecule is CC(=O)n1cc(-c2cccc([N+](=O)[O-])c2)c(=O)[nH]1. The molecule has 0 unspecified atom stereocenters. The normalized spacial score (nSPS) is 10.3. The molecule has 1 N–H and O–H groups in total. The summed E-state index contributed by atoms with van der Waals surface area (Å²) in [5.41, 5.74) is 0.0347. The largest absolute Gasteiger partial charge is 0.273 e. The van der Waals surface area contributed by atoms with Crippen LogP contribution in [0.3, 0.4) is 0 Å². The lowest BCUT2D eigenvalue weighted by molar-refractivity contribution is -0.384. The van der Waals surface area contributed by atoms with Gasteiger partial charge in [0.05, 0.1) is 10.5 Å². The molecule has 0 aliphatic heterocycles. The van der Waals surface area contributed by atoms with Crippen LogP contribution in [0.1, 0.15) is 11.7 Å². The van der Waals surface area contributed by atoms with Crippen LogP contribution in [0.5, 0.6) is 0 Å². The highest BCUT2D eigenvalue weighted by Gasteiger charge is 2.12. The van der Waals surface area contributed by atoms with Crippen molar-refractivity contribution in [2.75, 3.05) is 0 Å². The lowest BCUT2D eigenvalue weighted by Crippen LogP contribution is -2.10. The monoisotopic (exact) mass is 247 g/mol.